The number of benzene rings is 1. The monoisotopic (exact) mass is 382 g/mol. The highest BCUT2D eigenvalue weighted by Crippen LogP contribution is 2.59. The van der Waals surface area contributed by atoms with Crippen molar-refractivity contribution in [1.29, 1.82) is 0 Å². The molecule has 0 bridgehead atoms. The number of anilines is 1. The van der Waals surface area contributed by atoms with Gasteiger partial charge in [0.1, 0.15) is 11.5 Å². The smallest absolute Gasteiger partial charge is 0.410 e. The Kier molecular flexibility index (Phi) is 4.59. The van der Waals surface area contributed by atoms with Gasteiger partial charge in [0, 0.05) is 5.92 Å². The zero-order valence-electron chi connectivity index (χ0n) is 13.4. The molecule has 0 heterocycles. The Bertz CT molecular complexity index is 766. The van der Waals surface area contributed by atoms with Gasteiger partial charge in [-0.05, 0) is 35.8 Å². The van der Waals surface area contributed by atoms with E-state index in [1.165, 1.54) is 6.92 Å². The van der Waals surface area contributed by atoms with Crippen LogP contribution < -0.4 is 11.5 Å². The molecule has 144 valence electrons. The van der Waals surface area contributed by atoms with Gasteiger partial charge in [-0.25, -0.2) is 0 Å². The zero-order valence-corrected chi connectivity index (χ0v) is 13.4. The summed E-state index contributed by atoms with van der Waals surface area (Å²) in [6, 6.07) is 1.63. The first-order valence-corrected chi connectivity index (χ1v) is 7.35. The van der Waals surface area contributed by atoms with Crippen LogP contribution in [0, 0.1) is 5.92 Å². The van der Waals surface area contributed by atoms with Gasteiger partial charge in [0.15, 0.2) is 0 Å². The molecule has 0 aromatic heterocycles. The van der Waals surface area contributed by atoms with E-state index in [4.69, 9.17) is 11.5 Å². The van der Waals surface area contributed by atoms with Crippen molar-refractivity contribution < 1.29 is 36.6 Å². The predicted molar refractivity (Wildman–Crippen MR) is 82.0 cm³/mol. The van der Waals surface area contributed by atoms with E-state index in [-0.39, 0.29) is 0 Å². The number of nitrogen functional groups attached to an aromatic ring is 1. The van der Waals surface area contributed by atoms with E-state index in [2.05, 4.69) is 0 Å². The summed E-state index contributed by atoms with van der Waals surface area (Å²) in [5.74, 6) is -2.15. The Labute approximate surface area is 144 Å². The first kappa shape index (κ1) is 19.8. The third-order valence-corrected chi connectivity index (χ3v) is 4.41. The third kappa shape index (κ3) is 2.82. The molecule has 0 aliphatic heterocycles. The summed E-state index contributed by atoms with van der Waals surface area (Å²) in [7, 11) is 0. The van der Waals surface area contributed by atoms with Crippen LogP contribution in [0.3, 0.4) is 0 Å². The third-order valence-electron chi connectivity index (χ3n) is 4.41. The summed E-state index contributed by atoms with van der Waals surface area (Å²) in [4.78, 5) is 0. The topological polar surface area (TPSA) is 92.5 Å². The van der Waals surface area contributed by atoms with Gasteiger partial charge < -0.3 is 21.7 Å². The molecule has 10 heteroatoms. The summed E-state index contributed by atoms with van der Waals surface area (Å²) in [5, 5.41) is 19.1. The molecule has 1 unspecified atom stereocenters. The average Bonchev–Trinajstić information content (AvgIpc) is 2.46. The maximum atomic E-state index is 13.9. The van der Waals surface area contributed by atoms with Crippen LogP contribution in [0.1, 0.15) is 18.9 Å². The molecule has 0 saturated heterocycles. The van der Waals surface area contributed by atoms with Crippen molar-refractivity contribution in [1.82, 2.24) is 0 Å². The maximum Gasteiger partial charge on any atom is 0.410 e. The molecule has 0 spiro atoms. The number of hydrogen-bond donors (Lipinski definition) is 4. The quantitative estimate of drug-likeness (QED) is 0.353. The second-order valence-corrected chi connectivity index (χ2v) is 6.13. The van der Waals surface area contributed by atoms with Gasteiger partial charge in [-0.3, -0.25) is 0 Å². The van der Waals surface area contributed by atoms with Crippen LogP contribution >= 0.6 is 0 Å². The molecular formula is C16H16F6N2O2. The van der Waals surface area contributed by atoms with E-state index in [1.807, 2.05) is 0 Å². The molecule has 0 radical (unpaired) electrons. The van der Waals surface area contributed by atoms with Gasteiger partial charge in [0.25, 0.3) is 0 Å². The van der Waals surface area contributed by atoms with E-state index in [0.717, 1.165) is 0 Å². The minimum atomic E-state index is -5.78. The molecule has 1 aliphatic carbocycles. The number of aromatic hydroxyl groups is 1. The van der Waals surface area contributed by atoms with Crippen molar-refractivity contribution in [3.8, 4) is 5.75 Å². The number of aliphatic hydroxyl groups excluding tert-OH is 1. The molecule has 0 amide bonds. The van der Waals surface area contributed by atoms with Crippen LogP contribution in [0.25, 0.3) is 0 Å². The molecule has 0 fully saturated rings. The lowest BCUT2D eigenvalue weighted by Gasteiger charge is -2.41. The number of rotatable bonds is 2. The van der Waals surface area contributed by atoms with Crippen molar-refractivity contribution in [2.75, 3.05) is 5.73 Å². The number of hydrogen-bond acceptors (Lipinski definition) is 4. The molecule has 26 heavy (non-hydrogen) atoms. The first-order chi connectivity index (χ1) is 11.7. The number of alkyl halides is 6. The fourth-order valence-corrected chi connectivity index (χ4v) is 3.12. The van der Waals surface area contributed by atoms with Crippen molar-refractivity contribution in [2.45, 2.75) is 31.1 Å². The second-order valence-electron chi connectivity index (χ2n) is 6.13. The summed E-state index contributed by atoms with van der Waals surface area (Å²) < 4.78 is 83.6. The number of phenols is 1. The lowest BCUT2D eigenvalue weighted by molar-refractivity contribution is -0.290. The van der Waals surface area contributed by atoms with Gasteiger partial charge in [0.2, 0.25) is 5.41 Å². The van der Waals surface area contributed by atoms with E-state index in [1.54, 1.807) is 0 Å². The van der Waals surface area contributed by atoms with E-state index in [0.29, 0.717) is 24.3 Å². The zero-order chi connectivity index (χ0) is 20.1. The highest BCUT2D eigenvalue weighted by molar-refractivity contribution is 5.58. The van der Waals surface area contributed by atoms with E-state index in [9.17, 15) is 36.6 Å². The average molecular weight is 382 g/mol. The largest absolute Gasteiger partial charge is 0.510 e. The van der Waals surface area contributed by atoms with Crippen molar-refractivity contribution in [3.63, 3.8) is 0 Å². The Morgan fingerprint density at radius 2 is 1.54 bits per heavy atom. The van der Waals surface area contributed by atoms with Crippen molar-refractivity contribution >= 4 is 5.69 Å². The summed E-state index contributed by atoms with van der Waals surface area (Å²) >= 11 is 0. The Morgan fingerprint density at radius 3 is 1.96 bits per heavy atom. The second kappa shape index (κ2) is 6.03. The molecule has 1 aromatic rings. The van der Waals surface area contributed by atoms with E-state index < -0.39 is 64.1 Å². The normalized spacial score (nSPS) is 19.5. The lowest BCUT2D eigenvalue weighted by atomic mass is 9.68. The standard InChI is InChI=1S/C16H16F6N2O2/c1-7-4-9(6-11(24)13(7)26)14(15(17,18)19,16(20,21)22)8-2-3-12(25)10(23)5-8/h2-3,5-7,25-26H,4,23-24H2,1H3. The van der Waals surface area contributed by atoms with Gasteiger partial charge in [-0.1, -0.05) is 13.0 Å². The van der Waals surface area contributed by atoms with Gasteiger partial charge >= 0.3 is 12.4 Å². The summed E-state index contributed by atoms with van der Waals surface area (Å²) in [6.45, 7) is 1.26. The Hall–Kier alpha value is -2.52. The van der Waals surface area contributed by atoms with Crippen LogP contribution in [0.2, 0.25) is 0 Å². The maximum absolute atomic E-state index is 13.9. The van der Waals surface area contributed by atoms with Crippen molar-refractivity contribution in [3.05, 3.63) is 46.9 Å². The molecule has 1 aromatic carbocycles. The molecular weight excluding hydrogens is 366 g/mol. The number of allylic oxidation sites excluding steroid dienone is 3. The molecule has 2 rings (SSSR count). The van der Waals surface area contributed by atoms with E-state index >= 15 is 0 Å². The fourth-order valence-electron chi connectivity index (χ4n) is 3.12. The first-order valence-electron chi connectivity index (χ1n) is 7.35. The minimum Gasteiger partial charge on any atom is -0.510 e. The predicted octanol–water partition coefficient (Wildman–Crippen LogP) is 4.03. The fraction of sp³-hybridized carbons (Fsp3) is 0.375. The van der Waals surface area contributed by atoms with Crippen LogP contribution in [-0.2, 0) is 5.41 Å². The van der Waals surface area contributed by atoms with Gasteiger partial charge in [-0.15, -0.1) is 0 Å². The molecule has 0 saturated carbocycles. The molecule has 1 atom stereocenters. The number of nitrogens with two attached hydrogens (primary N) is 2. The van der Waals surface area contributed by atoms with Crippen LogP contribution in [0.5, 0.6) is 5.75 Å². The minimum absolute atomic E-state index is 0.441. The van der Waals surface area contributed by atoms with Gasteiger partial charge in [0.05, 0.1) is 11.4 Å². The SMILES string of the molecule is CC1CC(C(c2ccc(O)c(N)c2)(C(F)(F)F)C(F)(F)F)=CC(N)=C1O. The Morgan fingerprint density at radius 1 is 1.00 bits per heavy atom. The van der Waals surface area contributed by atoms with Crippen LogP contribution in [0.4, 0.5) is 32.0 Å². The highest BCUT2D eigenvalue weighted by Gasteiger charge is 2.73. The molecule has 1 aliphatic rings. The van der Waals surface area contributed by atoms with Gasteiger partial charge in [-0.2, -0.15) is 26.3 Å². The number of aliphatic hydroxyl groups is 1. The summed E-state index contributed by atoms with van der Waals surface area (Å²) in [6.07, 6.45) is -11.8. The van der Waals surface area contributed by atoms with Crippen LogP contribution in [-0.4, -0.2) is 22.6 Å². The number of phenolic OH excluding ortho intramolecular Hbond substituents is 1. The Balaban J connectivity index is 2.91. The molecule has 6 N–H and O–H groups in total. The van der Waals surface area contributed by atoms with Crippen molar-refractivity contribution in [2.24, 2.45) is 11.7 Å². The molecule has 4 nitrogen and oxygen atoms in total. The van der Waals surface area contributed by atoms with Crippen LogP contribution in [0.15, 0.2) is 41.3 Å². The highest BCUT2D eigenvalue weighted by atomic mass is 19.4. The summed E-state index contributed by atoms with van der Waals surface area (Å²) in [5.41, 5.74) is 2.92. The number of halogens is 6. The lowest BCUT2D eigenvalue weighted by Crippen LogP contribution is -2.56.